The maximum Gasteiger partial charge on any atom is 0.136 e. The van der Waals surface area contributed by atoms with Gasteiger partial charge in [-0.25, -0.2) is 0 Å². The lowest BCUT2D eigenvalue weighted by Gasteiger charge is -2.42. The Balaban J connectivity index is 2.16. The Morgan fingerprint density at radius 1 is 1.67 bits per heavy atom. The fourth-order valence-corrected chi connectivity index (χ4v) is 3.11. The number of methoxy groups -OCH3 is 1. The summed E-state index contributed by atoms with van der Waals surface area (Å²) in [4.78, 5) is 2.36. The third-order valence-corrected chi connectivity index (χ3v) is 4.45. The number of hydrogen-bond donors (Lipinski definition) is 1. The summed E-state index contributed by atoms with van der Waals surface area (Å²) in [7, 11) is 1.78. The Labute approximate surface area is 117 Å². The van der Waals surface area contributed by atoms with Gasteiger partial charge in [-0.15, -0.1) is 0 Å². The smallest absolute Gasteiger partial charge is 0.136 e. The van der Waals surface area contributed by atoms with E-state index in [2.05, 4.69) is 27.8 Å². The number of nitrogens with two attached hydrogens (primary N) is 1. The second kappa shape index (κ2) is 5.74. The van der Waals surface area contributed by atoms with Gasteiger partial charge in [0.25, 0.3) is 0 Å². The summed E-state index contributed by atoms with van der Waals surface area (Å²) in [5, 5.41) is 0. The predicted octanol–water partition coefficient (Wildman–Crippen LogP) is 2.54. The average molecular weight is 317 g/mol. The van der Waals surface area contributed by atoms with Crippen molar-refractivity contribution >= 4 is 15.9 Å². The van der Waals surface area contributed by atoms with Crippen molar-refractivity contribution in [2.75, 3.05) is 26.7 Å². The highest BCUT2D eigenvalue weighted by molar-refractivity contribution is 9.10. The van der Waals surface area contributed by atoms with Gasteiger partial charge in [-0.2, -0.15) is 0 Å². The number of likely N-dealkylation sites (tertiary alicyclic amines) is 1. The highest BCUT2D eigenvalue weighted by Crippen LogP contribution is 2.33. The van der Waals surface area contributed by atoms with Crippen LogP contribution in [0, 0.1) is 0 Å². The Morgan fingerprint density at radius 3 is 3.00 bits per heavy atom. The van der Waals surface area contributed by atoms with Crippen molar-refractivity contribution in [1.82, 2.24) is 4.90 Å². The molecular weight excluding hydrogens is 296 g/mol. The zero-order valence-corrected chi connectivity index (χ0v) is 12.6. The molecule has 0 radical (unpaired) electrons. The summed E-state index contributed by atoms with van der Waals surface area (Å²) in [6.07, 6.45) is 3.91. The SMILES string of the molecule is COC1(C)CCCN(C(CN)c2occc2Br)C1. The summed E-state index contributed by atoms with van der Waals surface area (Å²) >= 11 is 3.51. The summed E-state index contributed by atoms with van der Waals surface area (Å²) < 4.78 is 12.2. The summed E-state index contributed by atoms with van der Waals surface area (Å²) in [6.45, 7) is 4.63. The summed E-state index contributed by atoms with van der Waals surface area (Å²) in [6, 6.07) is 2.03. The van der Waals surface area contributed by atoms with Crippen LogP contribution in [0.1, 0.15) is 31.6 Å². The van der Waals surface area contributed by atoms with Crippen LogP contribution in [-0.2, 0) is 4.74 Å². The molecule has 0 bridgehead atoms. The first-order valence-corrected chi connectivity index (χ1v) is 7.11. The van der Waals surface area contributed by atoms with E-state index in [0.717, 1.165) is 36.2 Å². The molecule has 0 saturated carbocycles. The molecule has 4 nitrogen and oxygen atoms in total. The Bertz CT molecular complexity index is 396. The lowest BCUT2D eigenvalue weighted by Crippen LogP contribution is -2.49. The minimum absolute atomic E-state index is 0.0786. The lowest BCUT2D eigenvalue weighted by atomic mass is 9.93. The number of piperidine rings is 1. The molecule has 2 unspecified atom stereocenters. The van der Waals surface area contributed by atoms with E-state index in [-0.39, 0.29) is 11.6 Å². The predicted molar refractivity (Wildman–Crippen MR) is 74.4 cm³/mol. The molecule has 5 heteroatoms. The molecule has 0 aromatic carbocycles. The van der Waals surface area contributed by atoms with Crippen LogP contribution in [0.15, 0.2) is 21.2 Å². The molecule has 18 heavy (non-hydrogen) atoms. The molecule has 1 aromatic rings. The number of halogens is 1. The normalized spacial score (nSPS) is 27.3. The van der Waals surface area contributed by atoms with Gasteiger partial charge in [0.05, 0.1) is 22.4 Å². The van der Waals surface area contributed by atoms with Crippen LogP contribution in [0.2, 0.25) is 0 Å². The zero-order valence-electron chi connectivity index (χ0n) is 11.0. The molecule has 1 fully saturated rings. The fraction of sp³-hybridized carbons (Fsp3) is 0.692. The van der Waals surface area contributed by atoms with Crippen LogP contribution in [-0.4, -0.2) is 37.2 Å². The minimum Gasteiger partial charge on any atom is -0.466 e. The molecule has 2 heterocycles. The van der Waals surface area contributed by atoms with Crippen molar-refractivity contribution < 1.29 is 9.15 Å². The van der Waals surface area contributed by atoms with E-state index in [4.69, 9.17) is 14.9 Å². The first kappa shape index (κ1) is 14.1. The molecule has 1 saturated heterocycles. The van der Waals surface area contributed by atoms with Crippen LogP contribution in [0.3, 0.4) is 0 Å². The van der Waals surface area contributed by atoms with Gasteiger partial charge >= 0.3 is 0 Å². The molecule has 0 amide bonds. The molecule has 102 valence electrons. The van der Waals surface area contributed by atoms with Crippen molar-refractivity contribution in [1.29, 1.82) is 0 Å². The van der Waals surface area contributed by atoms with Gasteiger partial charge in [0.15, 0.2) is 0 Å². The topological polar surface area (TPSA) is 51.6 Å². The third kappa shape index (κ3) is 2.79. The molecule has 1 aliphatic rings. The van der Waals surface area contributed by atoms with Crippen LogP contribution in [0.25, 0.3) is 0 Å². The highest BCUT2D eigenvalue weighted by Gasteiger charge is 2.35. The van der Waals surface area contributed by atoms with Gasteiger partial charge in [0.2, 0.25) is 0 Å². The summed E-state index contributed by atoms with van der Waals surface area (Å²) in [5.41, 5.74) is 5.85. The van der Waals surface area contributed by atoms with Crippen LogP contribution >= 0.6 is 15.9 Å². The zero-order chi connectivity index (χ0) is 13.2. The maximum atomic E-state index is 5.93. The van der Waals surface area contributed by atoms with E-state index >= 15 is 0 Å². The van der Waals surface area contributed by atoms with E-state index in [1.165, 1.54) is 0 Å². The van der Waals surface area contributed by atoms with Crippen molar-refractivity contribution in [2.24, 2.45) is 5.73 Å². The van der Waals surface area contributed by atoms with E-state index in [1.54, 1.807) is 13.4 Å². The number of rotatable bonds is 4. The largest absolute Gasteiger partial charge is 0.466 e. The second-order valence-electron chi connectivity index (χ2n) is 5.11. The van der Waals surface area contributed by atoms with Gasteiger partial charge in [0.1, 0.15) is 5.76 Å². The van der Waals surface area contributed by atoms with E-state index < -0.39 is 0 Å². The molecule has 1 aliphatic heterocycles. The van der Waals surface area contributed by atoms with Gasteiger partial charge in [-0.05, 0) is 48.3 Å². The van der Waals surface area contributed by atoms with Crippen molar-refractivity contribution in [3.8, 4) is 0 Å². The third-order valence-electron chi connectivity index (χ3n) is 3.79. The Kier molecular flexibility index (Phi) is 4.48. The molecule has 2 N–H and O–H groups in total. The van der Waals surface area contributed by atoms with Crippen LogP contribution in [0.5, 0.6) is 0 Å². The monoisotopic (exact) mass is 316 g/mol. The van der Waals surface area contributed by atoms with E-state index in [9.17, 15) is 0 Å². The molecule has 2 rings (SSSR count). The quantitative estimate of drug-likeness (QED) is 0.927. The molecule has 2 atom stereocenters. The van der Waals surface area contributed by atoms with Gasteiger partial charge in [-0.1, -0.05) is 0 Å². The fourth-order valence-electron chi connectivity index (χ4n) is 2.64. The van der Waals surface area contributed by atoms with Crippen molar-refractivity contribution in [3.05, 3.63) is 22.6 Å². The van der Waals surface area contributed by atoms with Crippen LogP contribution in [0.4, 0.5) is 0 Å². The van der Waals surface area contributed by atoms with Crippen LogP contribution < -0.4 is 5.73 Å². The standard InChI is InChI=1S/C13H21BrN2O2/c1-13(17-2)5-3-6-16(9-13)11(8-15)12-10(14)4-7-18-12/h4,7,11H,3,5-6,8-9,15H2,1-2H3. The number of nitrogens with zero attached hydrogens (tertiary/aromatic N) is 1. The second-order valence-corrected chi connectivity index (χ2v) is 5.97. The van der Waals surface area contributed by atoms with E-state index in [1.807, 2.05) is 6.07 Å². The number of hydrogen-bond acceptors (Lipinski definition) is 4. The Morgan fingerprint density at radius 2 is 2.44 bits per heavy atom. The number of furan rings is 1. The average Bonchev–Trinajstić information content (AvgIpc) is 2.77. The van der Waals surface area contributed by atoms with Crippen molar-refractivity contribution in [3.63, 3.8) is 0 Å². The van der Waals surface area contributed by atoms with Gasteiger partial charge in [-0.3, -0.25) is 4.90 Å². The number of ether oxygens (including phenoxy) is 1. The maximum absolute atomic E-state index is 5.93. The minimum atomic E-state index is -0.0786. The van der Waals surface area contributed by atoms with E-state index in [0.29, 0.717) is 6.54 Å². The first-order valence-electron chi connectivity index (χ1n) is 6.32. The molecular formula is C13H21BrN2O2. The lowest BCUT2D eigenvalue weighted by molar-refractivity contribution is -0.0627. The van der Waals surface area contributed by atoms with Gasteiger partial charge in [0, 0.05) is 20.2 Å². The summed E-state index contributed by atoms with van der Waals surface area (Å²) in [5.74, 6) is 0.915. The molecule has 1 aromatic heterocycles. The Hall–Kier alpha value is -0.360. The molecule has 0 aliphatic carbocycles. The molecule has 0 spiro atoms. The highest BCUT2D eigenvalue weighted by atomic mass is 79.9. The van der Waals surface area contributed by atoms with Gasteiger partial charge < -0.3 is 14.9 Å². The van der Waals surface area contributed by atoms with Crippen molar-refractivity contribution in [2.45, 2.75) is 31.4 Å². The first-order chi connectivity index (χ1) is 8.59.